The van der Waals surface area contributed by atoms with Crippen LogP contribution in [0.25, 0.3) is 32.9 Å². The van der Waals surface area contributed by atoms with Gasteiger partial charge in [0.15, 0.2) is 0 Å². The average Bonchev–Trinajstić information content (AvgIpc) is 2.74. The maximum atomic E-state index is 4.87. The predicted molar refractivity (Wildman–Crippen MR) is 117 cm³/mol. The molecule has 5 rings (SSSR count). The molecular formula is C25H19N3. The minimum Gasteiger partial charge on any atom is -0.324 e. The van der Waals surface area contributed by atoms with Gasteiger partial charge in [-0.2, -0.15) is 0 Å². The Morgan fingerprint density at radius 3 is 2.32 bits per heavy atom. The molecule has 0 fully saturated rings. The molecule has 4 aromatic carbocycles. The highest BCUT2D eigenvalue weighted by molar-refractivity contribution is 5.94. The summed E-state index contributed by atoms with van der Waals surface area (Å²) in [6.07, 6.45) is 0. The van der Waals surface area contributed by atoms with E-state index in [9.17, 15) is 0 Å². The van der Waals surface area contributed by atoms with Crippen LogP contribution in [0, 0.1) is 6.92 Å². The van der Waals surface area contributed by atoms with Crippen molar-refractivity contribution in [3.05, 3.63) is 96.6 Å². The van der Waals surface area contributed by atoms with Gasteiger partial charge in [0, 0.05) is 16.6 Å². The fourth-order valence-corrected chi connectivity index (χ4v) is 3.51. The molecule has 0 aliphatic carbocycles. The molecule has 1 aromatic heterocycles. The monoisotopic (exact) mass is 361 g/mol. The van der Waals surface area contributed by atoms with Crippen molar-refractivity contribution in [2.45, 2.75) is 6.92 Å². The largest absolute Gasteiger partial charge is 0.324 e. The molecule has 3 heteroatoms. The topological polar surface area (TPSA) is 37.8 Å². The number of nitrogens with one attached hydrogen (secondary N) is 1. The van der Waals surface area contributed by atoms with Gasteiger partial charge in [-0.05, 0) is 42.0 Å². The van der Waals surface area contributed by atoms with E-state index in [4.69, 9.17) is 9.97 Å². The molecule has 0 bridgehead atoms. The molecule has 1 heterocycles. The molecule has 1 N–H and O–H groups in total. The second kappa shape index (κ2) is 6.78. The normalized spacial score (nSPS) is 11.0. The van der Waals surface area contributed by atoms with Crippen LogP contribution in [-0.2, 0) is 0 Å². The molecule has 28 heavy (non-hydrogen) atoms. The molecule has 0 atom stereocenters. The van der Waals surface area contributed by atoms with Gasteiger partial charge in [-0.15, -0.1) is 0 Å². The number of fused-ring (bicyclic) bond motifs is 2. The zero-order valence-electron chi connectivity index (χ0n) is 15.6. The predicted octanol–water partition coefficient (Wildman–Crippen LogP) is 6.50. The standard InChI is InChI=1S/C25H19N3/c1-17-11-14-23-22(15-17)24(19-8-3-2-4-9-19)28-25(27-23)26-21-13-12-18-7-5-6-10-20(18)16-21/h2-16H,1H3,(H,26,27,28). The Morgan fingerprint density at radius 1 is 0.679 bits per heavy atom. The lowest BCUT2D eigenvalue weighted by Crippen LogP contribution is -2.00. The first-order valence-electron chi connectivity index (χ1n) is 9.36. The first-order valence-corrected chi connectivity index (χ1v) is 9.36. The van der Waals surface area contributed by atoms with Crippen LogP contribution in [0.5, 0.6) is 0 Å². The van der Waals surface area contributed by atoms with Crippen molar-refractivity contribution in [2.75, 3.05) is 5.32 Å². The van der Waals surface area contributed by atoms with Crippen LogP contribution in [0.15, 0.2) is 91.0 Å². The van der Waals surface area contributed by atoms with Gasteiger partial charge in [0.2, 0.25) is 5.95 Å². The highest BCUT2D eigenvalue weighted by Crippen LogP contribution is 2.29. The molecular weight excluding hydrogens is 342 g/mol. The van der Waals surface area contributed by atoms with E-state index in [1.807, 2.05) is 18.2 Å². The van der Waals surface area contributed by atoms with Gasteiger partial charge in [-0.3, -0.25) is 0 Å². The average molecular weight is 361 g/mol. The second-order valence-electron chi connectivity index (χ2n) is 6.97. The summed E-state index contributed by atoms with van der Waals surface area (Å²) < 4.78 is 0. The molecule has 134 valence electrons. The third-order valence-electron chi connectivity index (χ3n) is 4.90. The third-order valence-corrected chi connectivity index (χ3v) is 4.90. The molecule has 0 unspecified atom stereocenters. The van der Waals surface area contributed by atoms with E-state index in [0.717, 1.165) is 27.8 Å². The number of aromatic nitrogens is 2. The fourth-order valence-electron chi connectivity index (χ4n) is 3.51. The Morgan fingerprint density at radius 2 is 1.46 bits per heavy atom. The van der Waals surface area contributed by atoms with E-state index in [1.165, 1.54) is 16.3 Å². The smallest absolute Gasteiger partial charge is 0.228 e. The van der Waals surface area contributed by atoms with Crippen LogP contribution in [0.3, 0.4) is 0 Å². The van der Waals surface area contributed by atoms with Crippen LogP contribution in [-0.4, -0.2) is 9.97 Å². The number of benzene rings is 4. The molecule has 0 saturated heterocycles. The first-order chi connectivity index (χ1) is 13.8. The van der Waals surface area contributed by atoms with Gasteiger partial charge in [0.1, 0.15) is 0 Å². The van der Waals surface area contributed by atoms with Gasteiger partial charge in [0.05, 0.1) is 11.2 Å². The Balaban J connectivity index is 1.64. The lowest BCUT2D eigenvalue weighted by Gasteiger charge is -2.11. The number of nitrogens with zero attached hydrogens (tertiary/aromatic N) is 2. The molecule has 5 aromatic rings. The number of hydrogen-bond donors (Lipinski definition) is 1. The van der Waals surface area contributed by atoms with Gasteiger partial charge in [0.25, 0.3) is 0 Å². The molecule has 0 aliphatic heterocycles. The van der Waals surface area contributed by atoms with Crippen molar-refractivity contribution in [3.8, 4) is 11.3 Å². The van der Waals surface area contributed by atoms with E-state index in [1.54, 1.807) is 0 Å². The lowest BCUT2D eigenvalue weighted by atomic mass is 10.0. The van der Waals surface area contributed by atoms with Crippen molar-refractivity contribution >= 4 is 33.3 Å². The summed E-state index contributed by atoms with van der Waals surface area (Å²) in [6, 6.07) is 31.2. The summed E-state index contributed by atoms with van der Waals surface area (Å²) in [5.74, 6) is 0.602. The third kappa shape index (κ3) is 3.08. The van der Waals surface area contributed by atoms with Gasteiger partial charge >= 0.3 is 0 Å². The summed E-state index contributed by atoms with van der Waals surface area (Å²) >= 11 is 0. The Labute approximate surface area is 163 Å². The van der Waals surface area contributed by atoms with E-state index in [2.05, 4.69) is 85.0 Å². The van der Waals surface area contributed by atoms with E-state index < -0.39 is 0 Å². The lowest BCUT2D eigenvalue weighted by molar-refractivity contribution is 1.21. The number of aryl methyl sites for hydroxylation is 1. The summed E-state index contributed by atoms with van der Waals surface area (Å²) in [4.78, 5) is 9.62. The van der Waals surface area contributed by atoms with Crippen molar-refractivity contribution in [2.24, 2.45) is 0 Å². The molecule has 0 aliphatic rings. The second-order valence-corrected chi connectivity index (χ2v) is 6.97. The van der Waals surface area contributed by atoms with Crippen molar-refractivity contribution < 1.29 is 0 Å². The number of rotatable bonds is 3. The Bertz CT molecular complexity index is 1290. The van der Waals surface area contributed by atoms with Gasteiger partial charge < -0.3 is 5.32 Å². The Hall–Kier alpha value is -3.72. The summed E-state index contributed by atoms with van der Waals surface area (Å²) in [7, 11) is 0. The highest BCUT2D eigenvalue weighted by Gasteiger charge is 2.10. The zero-order chi connectivity index (χ0) is 18.9. The van der Waals surface area contributed by atoms with E-state index >= 15 is 0 Å². The Kier molecular flexibility index (Phi) is 3.99. The van der Waals surface area contributed by atoms with Crippen LogP contribution in [0.4, 0.5) is 11.6 Å². The number of hydrogen-bond acceptors (Lipinski definition) is 3. The summed E-state index contributed by atoms with van der Waals surface area (Å²) in [5, 5.41) is 6.86. The molecule has 0 radical (unpaired) electrons. The minimum atomic E-state index is 0.602. The van der Waals surface area contributed by atoms with E-state index in [0.29, 0.717) is 5.95 Å². The quantitative estimate of drug-likeness (QED) is 0.398. The summed E-state index contributed by atoms with van der Waals surface area (Å²) in [5.41, 5.74) is 5.13. The van der Waals surface area contributed by atoms with Crippen LogP contribution >= 0.6 is 0 Å². The van der Waals surface area contributed by atoms with Crippen LogP contribution in [0.2, 0.25) is 0 Å². The van der Waals surface area contributed by atoms with Crippen LogP contribution < -0.4 is 5.32 Å². The minimum absolute atomic E-state index is 0.602. The first kappa shape index (κ1) is 16.5. The molecule has 3 nitrogen and oxygen atoms in total. The number of anilines is 2. The van der Waals surface area contributed by atoms with E-state index in [-0.39, 0.29) is 0 Å². The van der Waals surface area contributed by atoms with Crippen molar-refractivity contribution in [1.82, 2.24) is 9.97 Å². The summed E-state index contributed by atoms with van der Waals surface area (Å²) in [6.45, 7) is 2.09. The van der Waals surface area contributed by atoms with Gasteiger partial charge in [-0.25, -0.2) is 9.97 Å². The van der Waals surface area contributed by atoms with Crippen LogP contribution in [0.1, 0.15) is 5.56 Å². The molecule has 0 amide bonds. The maximum absolute atomic E-state index is 4.87. The highest BCUT2D eigenvalue weighted by atomic mass is 15.1. The van der Waals surface area contributed by atoms with Crippen molar-refractivity contribution in [1.29, 1.82) is 0 Å². The molecule has 0 saturated carbocycles. The van der Waals surface area contributed by atoms with Crippen molar-refractivity contribution in [3.63, 3.8) is 0 Å². The maximum Gasteiger partial charge on any atom is 0.228 e. The molecule has 0 spiro atoms. The SMILES string of the molecule is Cc1ccc2nc(Nc3ccc4ccccc4c3)nc(-c3ccccc3)c2c1. The fraction of sp³-hybridized carbons (Fsp3) is 0.0400. The zero-order valence-corrected chi connectivity index (χ0v) is 15.6. The van der Waals surface area contributed by atoms with Gasteiger partial charge in [-0.1, -0.05) is 72.3 Å².